The maximum absolute atomic E-state index is 14.0. The van der Waals surface area contributed by atoms with Crippen molar-refractivity contribution < 1.29 is 14.0 Å². The van der Waals surface area contributed by atoms with Crippen LogP contribution in [-0.4, -0.2) is 30.0 Å². The van der Waals surface area contributed by atoms with Crippen molar-refractivity contribution in [2.24, 2.45) is 0 Å². The van der Waals surface area contributed by atoms with E-state index >= 15 is 0 Å². The number of benzene rings is 2. The van der Waals surface area contributed by atoms with Crippen LogP contribution in [0.25, 0.3) is 10.9 Å². The van der Waals surface area contributed by atoms with Gasteiger partial charge in [0.1, 0.15) is 5.82 Å². The zero-order valence-electron chi connectivity index (χ0n) is 15.3. The number of hydrogen-bond acceptors (Lipinski definition) is 3. The molecule has 6 nitrogen and oxygen atoms in total. The van der Waals surface area contributed by atoms with Crippen molar-refractivity contribution in [3.05, 3.63) is 65.6 Å². The molecular formula is C21H19FN4O2. The van der Waals surface area contributed by atoms with Crippen LogP contribution in [0.15, 0.2) is 48.7 Å². The number of fused-ring (bicyclic) bond motifs is 2. The second-order valence-electron chi connectivity index (χ2n) is 6.53. The van der Waals surface area contributed by atoms with Crippen LogP contribution in [0.5, 0.6) is 0 Å². The van der Waals surface area contributed by atoms with Gasteiger partial charge in [0, 0.05) is 30.4 Å². The van der Waals surface area contributed by atoms with Gasteiger partial charge in [-0.15, -0.1) is 0 Å². The molecule has 4 rings (SSSR count). The summed E-state index contributed by atoms with van der Waals surface area (Å²) in [7, 11) is 0. The summed E-state index contributed by atoms with van der Waals surface area (Å²) in [6.07, 6.45) is 2.30. The lowest BCUT2D eigenvalue weighted by Gasteiger charge is -2.18. The molecule has 3 amide bonds. The zero-order valence-corrected chi connectivity index (χ0v) is 15.3. The van der Waals surface area contributed by atoms with Crippen LogP contribution >= 0.6 is 0 Å². The second kappa shape index (κ2) is 7.26. The van der Waals surface area contributed by atoms with Crippen molar-refractivity contribution in [3.8, 4) is 0 Å². The fraction of sp³-hybridized carbons (Fsp3) is 0.190. The van der Waals surface area contributed by atoms with Crippen molar-refractivity contribution in [1.29, 1.82) is 0 Å². The first-order chi connectivity index (χ1) is 13.6. The fourth-order valence-electron chi connectivity index (χ4n) is 3.43. The summed E-state index contributed by atoms with van der Waals surface area (Å²) in [4.78, 5) is 30.8. The van der Waals surface area contributed by atoms with E-state index in [1.165, 1.54) is 18.3 Å². The summed E-state index contributed by atoms with van der Waals surface area (Å²) in [6, 6.07) is 11.2. The normalized spacial score (nSPS) is 12.7. The van der Waals surface area contributed by atoms with Gasteiger partial charge in [-0.05, 0) is 55.3 Å². The SMILES string of the molecule is CCNC(=O)N1CCc2ccc(NC(=O)c3ccc(F)c4cccnc34)cc21. The Morgan fingerprint density at radius 1 is 1.21 bits per heavy atom. The molecule has 1 aliphatic heterocycles. The van der Waals surface area contributed by atoms with Crippen molar-refractivity contribution in [2.45, 2.75) is 13.3 Å². The monoisotopic (exact) mass is 378 g/mol. The minimum Gasteiger partial charge on any atom is -0.338 e. The molecule has 0 atom stereocenters. The Morgan fingerprint density at radius 2 is 2.07 bits per heavy atom. The Labute approximate surface area is 161 Å². The minimum absolute atomic E-state index is 0.154. The molecule has 28 heavy (non-hydrogen) atoms. The average molecular weight is 378 g/mol. The third-order valence-corrected chi connectivity index (χ3v) is 4.77. The lowest BCUT2D eigenvalue weighted by atomic mass is 10.1. The number of carbonyl (C=O) groups excluding carboxylic acids is 2. The first kappa shape index (κ1) is 17.9. The molecule has 0 spiro atoms. The summed E-state index contributed by atoms with van der Waals surface area (Å²) in [5.41, 5.74) is 3.00. The minimum atomic E-state index is -0.422. The molecule has 0 aliphatic carbocycles. The van der Waals surface area contributed by atoms with Crippen LogP contribution in [0.2, 0.25) is 0 Å². The van der Waals surface area contributed by atoms with E-state index in [0.717, 1.165) is 17.7 Å². The van der Waals surface area contributed by atoms with Crippen molar-refractivity contribution in [1.82, 2.24) is 10.3 Å². The van der Waals surface area contributed by atoms with Crippen molar-refractivity contribution >= 4 is 34.2 Å². The summed E-state index contributed by atoms with van der Waals surface area (Å²) < 4.78 is 14.0. The summed E-state index contributed by atoms with van der Waals surface area (Å²) in [5.74, 6) is -0.805. The van der Waals surface area contributed by atoms with E-state index in [0.29, 0.717) is 29.7 Å². The van der Waals surface area contributed by atoms with Gasteiger partial charge in [-0.1, -0.05) is 6.07 Å². The Hall–Kier alpha value is -3.48. The van der Waals surface area contributed by atoms with E-state index in [1.54, 1.807) is 29.2 Å². The fourth-order valence-corrected chi connectivity index (χ4v) is 3.43. The molecule has 2 N–H and O–H groups in total. The Balaban J connectivity index is 1.63. The van der Waals surface area contributed by atoms with E-state index in [4.69, 9.17) is 0 Å². The van der Waals surface area contributed by atoms with Gasteiger partial charge < -0.3 is 10.6 Å². The Morgan fingerprint density at radius 3 is 2.89 bits per heavy atom. The van der Waals surface area contributed by atoms with Crippen LogP contribution in [-0.2, 0) is 6.42 Å². The largest absolute Gasteiger partial charge is 0.338 e. The van der Waals surface area contributed by atoms with Crippen molar-refractivity contribution in [2.75, 3.05) is 23.3 Å². The van der Waals surface area contributed by atoms with E-state index in [1.807, 2.05) is 13.0 Å². The van der Waals surface area contributed by atoms with Crippen molar-refractivity contribution in [3.63, 3.8) is 0 Å². The molecular weight excluding hydrogens is 359 g/mol. The van der Waals surface area contributed by atoms with Gasteiger partial charge in [0.15, 0.2) is 0 Å². The highest BCUT2D eigenvalue weighted by Crippen LogP contribution is 2.31. The van der Waals surface area contributed by atoms with Gasteiger partial charge in [0.25, 0.3) is 5.91 Å². The molecule has 0 saturated carbocycles. The number of halogens is 1. The Bertz CT molecular complexity index is 1080. The number of urea groups is 1. The summed E-state index contributed by atoms with van der Waals surface area (Å²) >= 11 is 0. The Kier molecular flexibility index (Phi) is 4.65. The number of nitrogens with one attached hydrogen (secondary N) is 2. The average Bonchev–Trinajstić information content (AvgIpc) is 3.12. The molecule has 3 aromatic rings. The summed E-state index contributed by atoms with van der Waals surface area (Å²) in [5, 5.41) is 5.92. The second-order valence-corrected chi connectivity index (χ2v) is 6.53. The van der Waals surface area contributed by atoms with E-state index in [2.05, 4.69) is 15.6 Å². The number of aromatic nitrogens is 1. The smallest absolute Gasteiger partial charge is 0.321 e. The molecule has 142 valence electrons. The molecule has 0 bridgehead atoms. The quantitative estimate of drug-likeness (QED) is 0.729. The lowest BCUT2D eigenvalue weighted by Crippen LogP contribution is -2.38. The van der Waals surface area contributed by atoms with Gasteiger partial charge in [-0.25, -0.2) is 9.18 Å². The number of pyridine rings is 1. The highest BCUT2D eigenvalue weighted by atomic mass is 19.1. The van der Waals surface area contributed by atoms with Gasteiger partial charge in [-0.2, -0.15) is 0 Å². The van der Waals surface area contributed by atoms with Crippen LogP contribution in [0.1, 0.15) is 22.8 Å². The number of hydrogen-bond donors (Lipinski definition) is 2. The van der Waals surface area contributed by atoms with Gasteiger partial charge in [-0.3, -0.25) is 14.7 Å². The van der Waals surface area contributed by atoms with Crippen LogP contribution < -0.4 is 15.5 Å². The van der Waals surface area contributed by atoms with E-state index in [9.17, 15) is 14.0 Å². The predicted molar refractivity (Wildman–Crippen MR) is 106 cm³/mol. The van der Waals surface area contributed by atoms with E-state index < -0.39 is 5.82 Å². The molecule has 1 aromatic heterocycles. The number of nitrogens with zero attached hydrogens (tertiary/aromatic N) is 2. The first-order valence-corrected chi connectivity index (χ1v) is 9.11. The van der Waals surface area contributed by atoms with Gasteiger partial charge >= 0.3 is 6.03 Å². The molecule has 2 aromatic carbocycles. The standard InChI is InChI=1S/C21H19FN4O2/c1-2-23-21(28)26-11-9-13-5-6-14(12-18(13)26)25-20(27)16-7-8-17(22)15-4-3-10-24-19(15)16/h3-8,10,12H,2,9,11H2,1H3,(H,23,28)(H,25,27). The highest BCUT2D eigenvalue weighted by molar-refractivity contribution is 6.12. The molecule has 0 radical (unpaired) electrons. The number of carbonyl (C=O) groups is 2. The third kappa shape index (κ3) is 3.15. The van der Waals surface area contributed by atoms with E-state index in [-0.39, 0.29) is 17.5 Å². The molecule has 0 unspecified atom stereocenters. The number of anilines is 2. The van der Waals surface area contributed by atoms with Gasteiger partial charge in [0.05, 0.1) is 16.8 Å². The molecule has 0 saturated heterocycles. The maximum atomic E-state index is 14.0. The lowest BCUT2D eigenvalue weighted by molar-refractivity contribution is 0.102. The molecule has 0 fully saturated rings. The predicted octanol–water partition coefficient (Wildman–Crippen LogP) is 3.72. The van der Waals surface area contributed by atoms with Crippen LogP contribution in [0.3, 0.4) is 0 Å². The van der Waals surface area contributed by atoms with Crippen LogP contribution in [0.4, 0.5) is 20.6 Å². The maximum Gasteiger partial charge on any atom is 0.321 e. The number of rotatable bonds is 3. The summed E-state index contributed by atoms with van der Waals surface area (Å²) in [6.45, 7) is 3.02. The topological polar surface area (TPSA) is 74.3 Å². The molecule has 1 aliphatic rings. The molecule has 7 heteroatoms. The third-order valence-electron chi connectivity index (χ3n) is 4.77. The highest BCUT2D eigenvalue weighted by Gasteiger charge is 2.25. The number of amides is 3. The zero-order chi connectivity index (χ0) is 19.7. The molecule has 2 heterocycles. The van der Waals surface area contributed by atoms with Crippen LogP contribution in [0, 0.1) is 5.82 Å². The van der Waals surface area contributed by atoms with Gasteiger partial charge in [0.2, 0.25) is 0 Å². The first-order valence-electron chi connectivity index (χ1n) is 9.11.